The van der Waals surface area contributed by atoms with Gasteiger partial charge in [0.25, 0.3) is 11.8 Å². The molecule has 8 atom stereocenters. The second-order valence-electron chi connectivity index (χ2n) is 33.3. The van der Waals surface area contributed by atoms with E-state index in [1.165, 1.54) is 37.2 Å². The van der Waals surface area contributed by atoms with Crippen LogP contribution in [0.25, 0.3) is 67.3 Å². The number of nitrogens with one attached hydrogen (secondary N) is 6. The van der Waals surface area contributed by atoms with Gasteiger partial charge >= 0.3 is 0 Å². The Morgan fingerprint density at radius 1 is 0.344 bits per heavy atom. The summed E-state index contributed by atoms with van der Waals surface area (Å²) in [4.78, 5) is 139. The van der Waals surface area contributed by atoms with E-state index in [1.54, 1.807) is 22.2 Å². The summed E-state index contributed by atoms with van der Waals surface area (Å²) in [5.74, 6) is 4.29. The van der Waals surface area contributed by atoms with Gasteiger partial charge in [-0.1, -0.05) is 121 Å². The minimum absolute atomic E-state index is 0.0947. The molecule has 8 aromatic carbocycles. The third kappa shape index (κ3) is 15.1. The average Bonchev–Trinajstić information content (AvgIpc) is 1.64. The van der Waals surface area contributed by atoms with E-state index in [0.29, 0.717) is 88.2 Å². The SMILES string of the molecule is N[C@@H](C(=O)N1CCC[C@H]1c1ncc(-c2cc3c4c(c2)OCc2cc(-c5cnc([C@@H]6CCCN6C(=O)[C@H](N)c6ccccc6)[nH]5)cc(c2-4)OC3)[nH]1)c1ccccc1.O=C(N[C@@H](C(=O)N1CCC[C@H]1c1ncc(-c2cc3c4c(c2)OCc2cc(-c5cnc([C@@H]6CCCN6C(=O)[C@H](NC(=O)c6ccncn6)c6ccccc6)[nH]5)cc(c2-4)OC3)[nH]1)c1ccccc1)c1ccncn1. The Morgan fingerprint density at radius 3 is 0.891 bits per heavy atom. The van der Waals surface area contributed by atoms with Crippen molar-refractivity contribution >= 4 is 35.4 Å². The zero-order chi connectivity index (χ0) is 86.6. The van der Waals surface area contributed by atoms with Crippen molar-refractivity contribution in [3.63, 3.8) is 0 Å². The number of rotatable bonds is 20. The van der Waals surface area contributed by atoms with Crippen LogP contribution in [0.4, 0.5) is 0 Å². The fourth-order valence-electron chi connectivity index (χ4n) is 19.3. The van der Waals surface area contributed by atoms with Crippen molar-refractivity contribution < 1.29 is 47.7 Å². The van der Waals surface area contributed by atoms with Crippen LogP contribution in [0.2, 0.25) is 0 Å². The van der Waals surface area contributed by atoms with E-state index >= 15 is 0 Å². The molecule has 8 aliphatic heterocycles. The van der Waals surface area contributed by atoms with Gasteiger partial charge in [-0.25, -0.2) is 39.9 Å². The van der Waals surface area contributed by atoms with E-state index in [2.05, 4.69) is 86.9 Å². The summed E-state index contributed by atoms with van der Waals surface area (Å²) in [6.07, 6.45) is 19.2. The van der Waals surface area contributed by atoms with Crippen LogP contribution in [0, 0.1) is 0 Å². The maximum absolute atomic E-state index is 14.4. The van der Waals surface area contributed by atoms with Gasteiger partial charge in [0.1, 0.15) is 121 Å². The minimum atomic E-state index is -0.936. The molecule has 4 saturated heterocycles. The average molecular weight is 1710 g/mol. The summed E-state index contributed by atoms with van der Waals surface area (Å²) in [7, 11) is 0. The third-order valence-corrected chi connectivity index (χ3v) is 25.6. The largest absolute Gasteiger partial charge is 0.488 e. The number of ether oxygens (including phenoxy) is 4. The zero-order valence-electron chi connectivity index (χ0n) is 69.5. The Labute approximate surface area is 734 Å². The fraction of sp³-hybridized carbons (Fsp3) is 0.245. The maximum Gasteiger partial charge on any atom is 0.270 e. The lowest BCUT2D eigenvalue weighted by Gasteiger charge is -2.30. The smallest absolute Gasteiger partial charge is 0.270 e. The quantitative estimate of drug-likeness (QED) is 0.0351. The summed E-state index contributed by atoms with van der Waals surface area (Å²) in [5, 5.41) is 5.84. The lowest BCUT2D eigenvalue weighted by molar-refractivity contribution is -0.135. The first kappa shape index (κ1) is 79.9. The van der Waals surface area contributed by atoms with Crippen molar-refractivity contribution in [1.82, 2.24) is 90.0 Å². The Morgan fingerprint density at radius 2 is 0.617 bits per heavy atom. The van der Waals surface area contributed by atoms with Crippen LogP contribution < -0.4 is 41.0 Å². The molecule has 10 N–H and O–H groups in total. The van der Waals surface area contributed by atoms with Crippen LogP contribution in [-0.4, -0.2) is 141 Å². The molecular weight excluding hydrogens is 1620 g/mol. The van der Waals surface area contributed by atoms with Crippen LogP contribution in [0.15, 0.2) is 232 Å². The van der Waals surface area contributed by atoms with Gasteiger partial charge in [-0.3, -0.25) is 28.8 Å². The number of aromatic amines is 4. The number of likely N-dealkylation sites (tertiary alicyclic amines) is 4. The van der Waals surface area contributed by atoms with Gasteiger partial charge in [0, 0.05) is 105 Å². The van der Waals surface area contributed by atoms with Crippen molar-refractivity contribution in [3.05, 3.63) is 311 Å². The highest BCUT2D eigenvalue weighted by Gasteiger charge is 2.43. The predicted octanol–water partition coefficient (Wildman–Crippen LogP) is 13.8. The normalized spacial score (nSPS) is 18.1. The van der Waals surface area contributed by atoms with Crippen LogP contribution in [0.3, 0.4) is 0 Å². The fourth-order valence-corrected chi connectivity index (χ4v) is 19.3. The number of nitrogens with zero attached hydrogens (tertiary/aromatic N) is 12. The molecule has 640 valence electrons. The molecule has 0 radical (unpaired) electrons. The van der Waals surface area contributed by atoms with E-state index < -0.39 is 36.0 Å². The van der Waals surface area contributed by atoms with Crippen molar-refractivity contribution in [2.24, 2.45) is 11.5 Å². The standard InChI is InChI=1S/C54H46N12O6.C44H42N8O4/c67-51(37-15-17-55-29-59-37)63-47(31-9-3-1-4-10-31)53(69)65-19-7-13-41(65)49-57-25-39(61-49)33-21-35-27-72-44-24-34(22-36-28-71-43(23-33)45(35)46(36)44)40-26-58-50(62-40)42-14-8-20-66(42)54(70)48(32-11-5-2-6-12-32)64-52(68)38-16-18-56-30-60-38;45-39(25-9-3-1-4-10-25)43(53)51-15-7-13-33(51)41-47-21-31(49-41)27-17-29-23-56-36-20-28(18-30-24-55-35(19-27)37(29)38(30)36)32-22-48-42(50-32)34-14-8-16-52(34)44(54)40(46)26-11-5-2-6-12-26/h1-6,9-12,15-18,21-26,29-30,41-42,47-48H,7-8,13-14,19-20,27-28H2,(H,57,61)(H,58,62)(H,63,67)(H,64,68);1-6,9-12,17-22,33-34,39-40H,7-8,13-16,23-24,45-46H2,(H,47,49)(H,48,50)/t41-,42-,47+,48+;33-,34-,39+,40+/m00/s1. The van der Waals surface area contributed by atoms with Crippen LogP contribution in [0.1, 0.15) is 188 Å². The van der Waals surface area contributed by atoms with Gasteiger partial charge in [-0.2, -0.15) is 0 Å². The first-order chi connectivity index (χ1) is 62.7. The second-order valence-corrected chi connectivity index (χ2v) is 33.3. The monoisotopic (exact) mass is 1700 g/mol. The summed E-state index contributed by atoms with van der Waals surface area (Å²) >= 11 is 0. The number of imidazole rings is 4. The number of benzene rings is 8. The van der Waals surface area contributed by atoms with Gasteiger partial charge in [0.15, 0.2) is 0 Å². The molecule has 14 heterocycles. The first-order valence-corrected chi connectivity index (χ1v) is 43.2. The summed E-state index contributed by atoms with van der Waals surface area (Å²) in [6, 6.07) is 52.8. The van der Waals surface area contributed by atoms with Crippen molar-refractivity contribution in [1.29, 1.82) is 0 Å². The van der Waals surface area contributed by atoms with Crippen LogP contribution in [0.5, 0.6) is 23.0 Å². The highest BCUT2D eigenvalue weighted by atomic mass is 16.5. The molecular formula is C98H88N20O10. The number of aromatic nitrogens is 12. The number of hydrogen-bond acceptors (Lipinski definition) is 20. The molecule has 6 aromatic heterocycles. The van der Waals surface area contributed by atoms with E-state index in [-0.39, 0.29) is 59.2 Å². The third-order valence-electron chi connectivity index (χ3n) is 25.6. The second kappa shape index (κ2) is 34.0. The van der Waals surface area contributed by atoms with Gasteiger partial charge < -0.3 is 80.6 Å². The predicted molar refractivity (Wildman–Crippen MR) is 470 cm³/mol. The molecule has 0 unspecified atom stereocenters. The van der Waals surface area contributed by atoms with Crippen molar-refractivity contribution in [2.75, 3.05) is 26.2 Å². The van der Waals surface area contributed by atoms with Crippen molar-refractivity contribution in [3.8, 4) is 90.3 Å². The lowest BCUT2D eigenvalue weighted by Crippen LogP contribution is -2.43. The number of H-pyrrole nitrogens is 4. The molecule has 8 aliphatic rings. The highest BCUT2D eigenvalue weighted by Crippen LogP contribution is 2.54. The van der Waals surface area contributed by atoms with Gasteiger partial charge in [-0.05, 0) is 134 Å². The number of hydrogen-bond donors (Lipinski definition) is 8. The van der Waals surface area contributed by atoms with Gasteiger partial charge in [0.05, 0.1) is 71.7 Å². The molecule has 0 aliphatic carbocycles. The maximum atomic E-state index is 14.4. The lowest BCUT2D eigenvalue weighted by atomic mass is 9.87. The molecule has 30 heteroatoms. The van der Waals surface area contributed by atoms with Crippen LogP contribution in [-0.2, 0) is 45.6 Å². The molecule has 6 amide bonds. The molecule has 22 rings (SSSR count). The van der Waals surface area contributed by atoms with Crippen molar-refractivity contribution in [2.45, 2.75) is 126 Å². The highest BCUT2D eigenvalue weighted by molar-refractivity contribution is 5.98. The van der Waals surface area contributed by atoms with E-state index in [4.69, 9.17) is 50.4 Å². The topological polar surface area (TPSA) is 395 Å². The molecule has 14 aromatic rings. The zero-order valence-corrected chi connectivity index (χ0v) is 69.5. The Balaban J connectivity index is 0.000000160. The van der Waals surface area contributed by atoms with Crippen LogP contribution >= 0.6 is 0 Å². The number of carbonyl (C=O) groups is 6. The molecule has 0 bridgehead atoms. The Hall–Kier alpha value is -15.3. The Kier molecular flexibility index (Phi) is 21.2. The molecule has 4 fully saturated rings. The summed E-state index contributed by atoms with van der Waals surface area (Å²) in [5.41, 5.74) is 31.1. The molecule has 128 heavy (non-hydrogen) atoms. The van der Waals surface area contributed by atoms with E-state index in [0.717, 1.165) is 174 Å². The number of amides is 6. The van der Waals surface area contributed by atoms with Gasteiger partial charge in [-0.15, -0.1) is 0 Å². The molecule has 0 spiro atoms. The van der Waals surface area contributed by atoms with E-state index in [9.17, 15) is 28.8 Å². The van der Waals surface area contributed by atoms with E-state index in [1.807, 2.05) is 156 Å². The Bertz CT molecular complexity index is 6100. The van der Waals surface area contributed by atoms with Gasteiger partial charge in [0.2, 0.25) is 23.6 Å². The minimum Gasteiger partial charge on any atom is -0.488 e. The number of nitrogens with two attached hydrogens (primary N) is 2. The summed E-state index contributed by atoms with van der Waals surface area (Å²) < 4.78 is 25.9. The molecule has 0 saturated carbocycles. The summed E-state index contributed by atoms with van der Waals surface area (Å²) in [6.45, 7) is 3.69. The number of carbonyl (C=O) groups excluding carboxylic acids is 6. The first-order valence-electron chi connectivity index (χ1n) is 43.2. The molecule has 30 nitrogen and oxygen atoms in total.